The van der Waals surface area contributed by atoms with Gasteiger partial charge in [-0.1, -0.05) is 35.8 Å². The third-order valence-corrected chi connectivity index (χ3v) is 3.27. The summed E-state index contributed by atoms with van der Waals surface area (Å²) < 4.78 is 11.8. The summed E-state index contributed by atoms with van der Waals surface area (Å²) in [6, 6.07) is 5.26. The van der Waals surface area contributed by atoms with Crippen molar-refractivity contribution in [1.82, 2.24) is 5.43 Å². The molecule has 1 rings (SSSR count). The third kappa shape index (κ3) is 6.00. The fraction of sp³-hybridized carbons (Fsp3) is 0.500. The number of hydrogen-bond acceptors (Lipinski definition) is 4. The van der Waals surface area contributed by atoms with Gasteiger partial charge in [0.2, 0.25) is 0 Å². The van der Waals surface area contributed by atoms with E-state index in [0.717, 1.165) is 16.6 Å². The second kappa shape index (κ2) is 9.07. The minimum atomic E-state index is -0.319. The molecule has 0 bridgehead atoms. The number of hydrazine groups is 1. The summed E-state index contributed by atoms with van der Waals surface area (Å²) in [6.07, 6.45) is 0. The third-order valence-electron chi connectivity index (χ3n) is 2.53. The van der Waals surface area contributed by atoms with E-state index in [0.29, 0.717) is 31.3 Å². The average Bonchev–Trinajstić information content (AvgIpc) is 2.42. The van der Waals surface area contributed by atoms with Crippen LogP contribution in [0.1, 0.15) is 29.8 Å². The van der Waals surface area contributed by atoms with Gasteiger partial charge >= 0.3 is 0 Å². The molecule has 20 heavy (non-hydrogen) atoms. The molecule has 0 fully saturated rings. The fourth-order valence-electron chi connectivity index (χ4n) is 1.51. The Morgan fingerprint density at radius 1 is 1.35 bits per heavy atom. The van der Waals surface area contributed by atoms with Crippen LogP contribution in [0.15, 0.2) is 22.7 Å². The smallest absolute Gasteiger partial charge is 0.265 e. The predicted octanol–water partition coefficient (Wildman–Crippen LogP) is 2.24. The normalized spacial score (nSPS) is 10.8. The van der Waals surface area contributed by atoms with Crippen molar-refractivity contribution in [1.29, 1.82) is 0 Å². The van der Waals surface area contributed by atoms with E-state index >= 15 is 0 Å². The highest BCUT2D eigenvalue weighted by Crippen LogP contribution is 2.19. The summed E-state index contributed by atoms with van der Waals surface area (Å²) in [5.41, 5.74) is 3.57. The van der Waals surface area contributed by atoms with Crippen molar-refractivity contribution in [3.63, 3.8) is 0 Å². The van der Waals surface area contributed by atoms with Gasteiger partial charge in [0.1, 0.15) is 0 Å². The molecule has 1 aromatic carbocycles. The van der Waals surface area contributed by atoms with Crippen molar-refractivity contribution in [2.45, 2.75) is 20.5 Å². The number of nitrogen functional groups attached to an aromatic ring is 1. The van der Waals surface area contributed by atoms with Crippen LogP contribution in [0.2, 0.25) is 0 Å². The molecule has 112 valence electrons. The standard InChI is InChI=1S/C14H21BrN2O3/c1-10(2)8-19-5-6-20-9-12-4-3-11(7-13(12)15)14(18)17-16/h3-4,7,10H,5-6,8-9,16H2,1-2H3,(H,17,18). The maximum absolute atomic E-state index is 11.4. The predicted molar refractivity (Wildman–Crippen MR) is 81.1 cm³/mol. The van der Waals surface area contributed by atoms with Crippen LogP contribution in [-0.4, -0.2) is 25.7 Å². The molecule has 0 radical (unpaired) electrons. The second-order valence-electron chi connectivity index (χ2n) is 4.80. The molecule has 3 N–H and O–H groups in total. The molecule has 0 heterocycles. The average molecular weight is 345 g/mol. The Hall–Kier alpha value is -0.950. The molecule has 0 aromatic heterocycles. The summed E-state index contributed by atoms with van der Waals surface area (Å²) in [5.74, 6) is 5.30. The van der Waals surface area contributed by atoms with Gasteiger partial charge in [0.25, 0.3) is 5.91 Å². The first-order chi connectivity index (χ1) is 9.54. The van der Waals surface area contributed by atoms with E-state index in [4.69, 9.17) is 15.3 Å². The Kier molecular flexibility index (Phi) is 7.76. The quantitative estimate of drug-likeness (QED) is 0.328. The van der Waals surface area contributed by atoms with Crippen LogP contribution in [-0.2, 0) is 16.1 Å². The highest BCUT2D eigenvalue weighted by atomic mass is 79.9. The highest BCUT2D eigenvalue weighted by molar-refractivity contribution is 9.10. The van der Waals surface area contributed by atoms with E-state index in [-0.39, 0.29) is 5.91 Å². The number of nitrogens with one attached hydrogen (secondary N) is 1. The molecule has 0 aliphatic heterocycles. The molecule has 0 spiro atoms. The molecular weight excluding hydrogens is 324 g/mol. The Labute approximate surface area is 127 Å². The molecule has 5 nitrogen and oxygen atoms in total. The van der Waals surface area contributed by atoms with E-state index in [2.05, 4.69) is 35.2 Å². The number of ether oxygens (including phenoxy) is 2. The van der Waals surface area contributed by atoms with E-state index in [1.807, 2.05) is 6.07 Å². The minimum Gasteiger partial charge on any atom is -0.379 e. The highest BCUT2D eigenvalue weighted by Gasteiger charge is 2.07. The SMILES string of the molecule is CC(C)COCCOCc1ccc(C(=O)NN)cc1Br. The number of carbonyl (C=O) groups is 1. The Balaban J connectivity index is 2.36. The number of halogens is 1. The van der Waals surface area contributed by atoms with Gasteiger partial charge in [-0.25, -0.2) is 5.84 Å². The largest absolute Gasteiger partial charge is 0.379 e. The van der Waals surface area contributed by atoms with Crippen molar-refractivity contribution < 1.29 is 14.3 Å². The van der Waals surface area contributed by atoms with Crippen LogP contribution >= 0.6 is 15.9 Å². The fourth-order valence-corrected chi connectivity index (χ4v) is 2.00. The van der Waals surface area contributed by atoms with Crippen LogP contribution in [0.4, 0.5) is 0 Å². The Morgan fingerprint density at radius 2 is 2.05 bits per heavy atom. The number of hydrogen-bond donors (Lipinski definition) is 2. The summed E-state index contributed by atoms with van der Waals surface area (Å²) in [5, 5.41) is 0. The number of rotatable bonds is 8. The monoisotopic (exact) mass is 344 g/mol. The zero-order valence-electron chi connectivity index (χ0n) is 11.8. The lowest BCUT2D eigenvalue weighted by molar-refractivity contribution is 0.0313. The van der Waals surface area contributed by atoms with Crippen LogP contribution in [0, 0.1) is 5.92 Å². The number of amides is 1. The zero-order valence-corrected chi connectivity index (χ0v) is 13.4. The zero-order chi connectivity index (χ0) is 15.0. The van der Waals surface area contributed by atoms with Crippen molar-refractivity contribution in [2.24, 2.45) is 11.8 Å². The molecule has 0 aliphatic carbocycles. The first kappa shape index (κ1) is 17.1. The van der Waals surface area contributed by atoms with E-state index in [1.54, 1.807) is 12.1 Å². The molecule has 0 atom stereocenters. The molecule has 1 aromatic rings. The number of nitrogens with two attached hydrogens (primary N) is 1. The van der Waals surface area contributed by atoms with Gasteiger partial charge in [0.15, 0.2) is 0 Å². The van der Waals surface area contributed by atoms with E-state index in [9.17, 15) is 4.79 Å². The van der Waals surface area contributed by atoms with E-state index < -0.39 is 0 Å². The maximum Gasteiger partial charge on any atom is 0.265 e. The van der Waals surface area contributed by atoms with Crippen LogP contribution in [0.5, 0.6) is 0 Å². The number of benzene rings is 1. The first-order valence-corrected chi connectivity index (χ1v) is 7.28. The Morgan fingerprint density at radius 3 is 2.65 bits per heavy atom. The lowest BCUT2D eigenvalue weighted by Crippen LogP contribution is -2.29. The van der Waals surface area contributed by atoms with Gasteiger partial charge in [-0.3, -0.25) is 10.2 Å². The van der Waals surface area contributed by atoms with Crippen molar-refractivity contribution >= 4 is 21.8 Å². The molecule has 1 amide bonds. The summed E-state index contributed by atoms with van der Waals surface area (Å²) in [4.78, 5) is 11.4. The van der Waals surface area contributed by atoms with Crippen LogP contribution in [0.25, 0.3) is 0 Å². The molecular formula is C14H21BrN2O3. The summed E-state index contributed by atoms with van der Waals surface area (Å²) in [7, 11) is 0. The van der Waals surface area contributed by atoms with Gasteiger partial charge in [-0.05, 0) is 23.6 Å². The maximum atomic E-state index is 11.4. The summed E-state index contributed by atoms with van der Waals surface area (Å²) in [6.45, 7) is 6.56. The molecule has 6 heteroatoms. The topological polar surface area (TPSA) is 73.6 Å². The van der Waals surface area contributed by atoms with Gasteiger partial charge in [-0.15, -0.1) is 0 Å². The lowest BCUT2D eigenvalue weighted by Gasteiger charge is -2.09. The molecule has 0 saturated carbocycles. The second-order valence-corrected chi connectivity index (χ2v) is 5.66. The minimum absolute atomic E-state index is 0.319. The first-order valence-electron chi connectivity index (χ1n) is 6.49. The van der Waals surface area contributed by atoms with Crippen molar-refractivity contribution in [3.05, 3.63) is 33.8 Å². The van der Waals surface area contributed by atoms with E-state index in [1.165, 1.54) is 0 Å². The van der Waals surface area contributed by atoms with Crippen LogP contribution < -0.4 is 11.3 Å². The van der Waals surface area contributed by atoms with Gasteiger partial charge < -0.3 is 9.47 Å². The summed E-state index contributed by atoms with van der Waals surface area (Å²) >= 11 is 3.41. The van der Waals surface area contributed by atoms with Gasteiger partial charge in [0.05, 0.1) is 19.8 Å². The Bertz CT molecular complexity index is 438. The molecule has 0 saturated heterocycles. The van der Waals surface area contributed by atoms with Crippen LogP contribution in [0.3, 0.4) is 0 Å². The van der Waals surface area contributed by atoms with Crippen molar-refractivity contribution in [2.75, 3.05) is 19.8 Å². The van der Waals surface area contributed by atoms with Gasteiger partial charge in [0, 0.05) is 16.6 Å². The number of carbonyl (C=O) groups excluding carboxylic acids is 1. The van der Waals surface area contributed by atoms with Gasteiger partial charge in [-0.2, -0.15) is 0 Å². The lowest BCUT2D eigenvalue weighted by atomic mass is 10.1. The van der Waals surface area contributed by atoms with Crippen molar-refractivity contribution in [3.8, 4) is 0 Å². The molecule has 0 unspecified atom stereocenters. The molecule has 0 aliphatic rings.